The van der Waals surface area contributed by atoms with E-state index in [-0.39, 0.29) is 24.9 Å². The Morgan fingerprint density at radius 3 is 2.38 bits per heavy atom. The highest BCUT2D eigenvalue weighted by Gasteiger charge is 2.38. The fourth-order valence-corrected chi connectivity index (χ4v) is 4.61. The Kier molecular flexibility index (Phi) is 5.92. The minimum Gasteiger partial charge on any atom is -0.347 e. The quantitative estimate of drug-likeness (QED) is 0.554. The van der Waals surface area contributed by atoms with E-state index in [1.54, 1.807) is 18.2 Å². The molecule has 1 aliphatic heterocycles. The number of halogens is 3. The zero-order valence-electron chi connectivity index (χ0n) is 19.1. The molecule has 1 aliphatic rings. The van der Waals surface area contributed by atoms with Crippen molar-refractivity contribution in [2.45, 2.75) is 33.1 Å². The van der Waals surface area contributed by atoms with E-state index in [0.29, 0.717) is 16.9 Å². The lowest BCUT2D eigenvalue weighted by molar-refractivity contribution is -0.137. The van der Waals surface area contributed by atoms with Crippen LogP contribution < -0.4 is 14.5 Å². The summed E-state index contributed by atoms with van der Waals surface area (Å²) in [5.74, 6) is -0.226. The van der Waals surface area contributed by atoms with Crippen molar-refractivity contribution < 1.29 is 21.6 Å². The first-order chi connectivity index (χ1) is 15.8. The lowest BCUT2D eigenvalue weighted by atomic mass is 10.1. The minimum atomic E-state index is -4.66. The maximum Gasteiger partial charge on any atom is 0.421 e. The fourth-order valence-electron chi connectivity index (χ4n) is 4.08. The van der Waals surface area contributed by atoms with Gasteiger partial charge in [0.25, 0.3) is 0 Å². The Hall–Kier alpha value is -3.34. The van der Waals surface area contributed by atoms with E-state index in [2.05, 4.69) is 15.3 Å². The molecule has 3 aromatic rings. The molecule has 0 unspecified atom stereocenters. The van der Waals surface area contributed by atoms with E-state index in [4.69, 9.17) is 0 Å². The number of hydrogen-bond acceptors (Lipinski definition) is 6. The monoisotopic (exact) mass is 491 g/mol. The Labute approximate surface area is 196 Å². The van der Waals surface area contributed by atoms with E-state index < -0.39 is 21.8 Å². The lowest BCUT2D eigenvalue weighted by Gasteiger charge is -2.23. The predicted octanol–water partition coefficient (Wildman–Crippen LogP) is 4.77. The first kappa shape index (κ1) is 23.8. The summed E-state index contributed by atoms with van der Waals surface area (Å²) in [6, 6.07) is 10.8. The number of rotatable bonds is 5. The topological polar surface area (TPSA) is 78.4 Å². The molecule has 4 rings (SSSR count). The van der Waals surface area contributed by atoms with Gasteiger partial charge in [0.1, 0.15) is 11.4 Å². The minimum absolute atomic E-state index is 0.0393. The summed E-state index contributed by atoms with van der Waals surface area (Å²) in [7, 11) is -2.12. The highest BCUT2D eigenvalue weighted by Crippen LogP contribution is 2.40. The van der Waals surface area contributed by atoms with Crippen LogP contribution in [-0.2, 0) is 29.3 Å². The van der Waals surface area contributed by atoms with Crippen molar-refractivity contribution in [1.82, 2.24) is 9.97 Å². The summed E-state index contributed by atoms with van der Waals surface area (Å²) in [5.41, 5.74) is 3.52. The molecule has 7 nitrogen and oxygen atoms in total. The van der Waals surface area contributed by atoms with E-state index in [0.717, 1.165) is 33.4 Å². The standard InChI is InChI=1S/C23H24F3N5O2S/c1-14-8-15(2)10-17(9-14)28-22-27-11-19(23(24,25)26)21(29-22)31-12-16-6-5-7-20(18(16)13-31)30(3)34(4,32)33/h5-11H,12-13H2,1-4H3,(H,27,28,29). The van der Waals surface area contributed by atoms with Crippen LogP contribution in [0.4, 0.5) is 36.3 Å². The molecule has 0 saturated heterocycles. The van der Waals surface area contributed by atoms with E-state index in [1.165, 1.54) is 11.9 Å². The van der Waals surface area contributed by atoms with Crippen molar-refractivity contribution in [2.75, 3.05) is 27.8 Å². The summed E-state index contributed by atoms with van der Waals surface area (Å²) in [6.07, 6.45) is -2.80. The van der Waals surface area contributed by atoms with Crippen LogP contribution >= 0.6 is 0 Å². The normalized spacial score (nSPS) is 13.7. The number of aromatic nitrogens is 2. The molecule has 0 radical (unpaired) electrons. The fraction of sp³-hybridized carbons (Fsp3) is 0.304. The van der Waals surface area contributed by atoms with Crippen LogP contribution in [0.1, 0.15) is 27.8 Å². The number of nitrogens with zero attached hydrogens (tertiary/aromatic N) is 4. The van der Waals surface area contributed by atoms with Crippen LogP contribution in [0.15, 0.2) is 42.6 Å². The van der Waals surface area contributed by atoms with Gasteiger partial charge in [-0.15, -0.1) is 0 Å². The zero-order chi connectivity index (χ0) is 24.8. The van der Waals surface area contributed by atoms with Crippen LogP contribution in [-0.4, -0.2) is 31.7 Å². The van der Waals surface area contributed by atoms with E-state index in [1.807, 2.05) is 32.0 Å². The highest BCUT2D eigenvalue weighted by molar-refractivity contribution is 7.92. The molecular weight excluding hydrogens is 467 g/mol. The van der Waals surface area contributed by atoms with Crippen LogP contribution in [0.2, 0.25) is 0 Å². The molecule has 1 aromatic heterocycles. The first-order valence-electron chi connectivity index (χ1n) is 10.4. The Bertz CT molecular complexity index is 1340. The van der Waals surface area contributed by atoms with Gasteiger partial charge in [-0.3, -0.25) is 4.31 Å². The number of alkyl halides is 3. The number of aryl methyl sites for hydroxylation is 2. The predicted molar refractivity (Wildman–Crippen MR) is 126 cm³/mol. The summed E-state index contributed by atoms with van der Waals surface area (Å²) in [6.45, 7) is 4.08. The van der Waals surface area contributed by atoms with Crippen LogP contribution in [0, 0.1) is 13.8 Å². The Balaban J connectivity index is 1.73. The van der Waals surface area contributed by atoms with Gasteiger partial charge in [0.2, 0.25) is 16.0 Å². The third kappa shape index (κ3) is 4.79. The average molecular weight is 492 g/mol. The van der Waals surface area contributed by atoms with Gasteiger partial charge in [-0.05, 0) is 48.7 Å². The van der Waals surface area contributed by atoms with Crippen molar-refractivity contribution in [3.8, 4) is 0 Å². The van der Waals surface area contributed by atoms with Gasteiger partial charge in [0.05, 0.1) is 11.9 Å². The number of anilines is 4. The molecular formula is C23H24F3N5O2S. The zero-order valence-corrected chi connectivity index (χ0v) is 19.9. The van der Waals surface area contributed by atoms with Gasteiger partial charge in [-0.1, -0.05) is 18.2 Å². The molecule has 0 aliphatic carbocycles. The third-order valence-corrected chi connectivity index (χ3v) is 6.84. The van der Waals surface area contributed by atoms with E-state index >= 15 is 0 Å². The van der Waals surface area contributed by atoms with Crippen molar-refractivity contribution in [3.63, 3.8) is 0 Å². The molecule has 0 bridgehead atoms. The summed E-state index contributed by atoms with van der Waals surface area (Å²) in [5, 5.41) is 2.99. The number of nitrogens with one attached hydrogen (secondary N) is 1. The summed E-state index contributed by atoms with van der Waals surface area (Å²) < 4.78 is 66.8. The maximum absolute atomic E-state index is 13.8. The SMILES string of the molecule is Cc1cc(C)cc(Nc2ncc(C(F)(F)F)c(N3Cc4cccc(N(C)S(C)(=O)=O)c4C3)n2)c1. The van der Waals surface area contributed by atoms with Crippen molar-refractivity contribution >= 4 is 33.2 Å². The second-order valence-electron chi connectivity index (χ2n) is 8.43. The summed E-state index contributed by atoms with van der Waals surface area (Å²) in [4.78, 5) is 9.62. The molecule has 0 amide bonds. The Morgan fingerprint density at radius 1 is 1.09 bits per heavy atom. The highest BCUT2D eigenvalue weighted by atomic mass is 32.2. The first-order valence-corrected chi connectivity index (χ1v) is 12.3. The van der Waals surface area contributed by atoms with Crippen molar-refractivity contribution in [2.24, 2.45) is 0 Å². The molecule has 0 spiro atoms. The second-order valence-corrected chi connectivity index (χ2v) is 10.4. The largest absolute Gasteiger partial charge is 0.421 e. The maximum atomic E-state index is 13.8. The van der Waals surface area contributed by atoms with Gasteiger partial charge in [-0.25, -0.2) is 13.4 Å². The Morgan fingerprint density at radius 2 is 1.76 bits per heavy atom. The second kappa shape index (κ2) is 8.46. The number of sulfonamides is 1. The molecule has 2 heterocycles. The molecule has 0 saturated carbocycles. The summed E-state index contributed by atoms with van der Waals surface area (Å²) >= 11 is 0. The van der Waals surface area contributed by atoms with Crippen LogP contribution in [0.3, 0.4) is 0 Å². The van der Waals surface area contributed by atoms with E-state index in [9.17, 15) is 21.6 Å². The van der Waals surface area contributed by atoms with Crippen molar-refractivity contribution in [3.05, 3.63) is 70.4 Å². The van der Waals surface area contributed by atoms with Gasteiger partial charge < -0.3 is 10.2 Å². The number of hydrogen-bond donors (Lipinski definition) is 1. The number of fused-ring (bicyclic) bond motifs is 1. The molecule has 0 fully saturated rings. The van der Waals surface area contributed by atoms with Gasteiger partial charge in [0.15, 0.2) is 0 Å². The van der Waals surface area contributed by atoms with Crippen LogP contribution in [0.5, 0.6) is 0 Å². The molecule has 180 valence electrons. The number of benzene rings is 2. The molecule has 1 N–H and O–H groups in total. The van der Waals surface area contributed by atoms with Gasteiger partial charge >= 0.3 is 6.18 Å². The smallest absolute Gasteiger partial charge is 0.347 e. The molecule has 0 atom stereocenters. The third-order valence-electron chi connectivity index (χ3n) is 5.65. The van der Waals surface area contributed by atoms with Gasteiger partial charge in [-0.2, -0.15) is 18.2 Å². The molecule has 11 heteroatoms. The molecule has 34 heavy (non-hydrogen) atoms. The van der Waals surface area contributed by atoms with Gasteiger partial charge in [0, 0.05) is 37.6 Å². The van der Waals surface area contributed by atoms with Crippen LogP contribution in [0.25, 0.3) is 0 Å². The average Bonchev–Trinajstić information content (AvgIpc) is 3.15. The molecule has 2 aromatic carbocycles. The lowest BCUT2D eigenvalue weighted by Crippen LogP contribution is -2.26. The van der Waals surface area contributed by atoms with Crippen molar-refractivity contribution in [1.29, 1.82) is 0 Å².